The first-order valence-electron chi connectivity index (χ1n) is 4.92. The maximum absolute atomic E-state index is 11.8. The van der Waals surface area contributed by atoms with Gasteiger partial charge >= 0.3 is 0 Å². The molecule has 0 spiro atoms. The fraction of sp³-hybridized carbons (Fsp3) is 0.182. The number of aromatic nitrogens is 2. The fourth-order valence-electron chi connectivity index (χ4n) is 1.29. The average molecular weight is 268 g/mol. The second-order valence-corrected chi connectivity index (χ2v) is 4.98. The lowest BCUT2D eigenvalue weighted by atomic mass is 10.3. The standard InChI is InChI=1S/C11H10ClN3OS/c1-6-3-8(10(12)13-4-6)15-11(16)9-5-17-7(2)14-9/h3-5H,1-2H3,(H,15,16). The molecule has 0 bridgehead atoms. The SMILES string of the molecule is Cc1cnc(Cl)c(NC(=O)c2csc(C)n2)c1. The minimum atomic E-state index is -0.274. The van der Waals surface area contributed by atoms with Crippen molar-refractivity contribution in [2.45, 2.75) is 13.8 Å². The molecule has 0 unspecified atom stereocenters. The zero-order valence-electron chi connectivity index (χ0n) is 9.32. The van der Waals surface area contributed by atoms with E-state index in [2.05, 4.69) is 15.3 Å². The van der Waals surface area contributed by atoms with Gasteiger partial charge in [0.2, 0.25) is 0 Å². The van der Waals surface area contributed by atoms with Crippen LogP contribution in [-0.2, 0) is 0 Å². The van der Waals surface area contributed by atoms with Crippen LogP contribution in [-0.4, -0.2) is 15.9 Å². The van der Waals surface area contributed by atoms with Crippen molar-refractivity contribution in [2.24, 2.45) is 0 Å². The highest BCUT2D eigenvalue weighted by atomic mass is 35.5. The summed E-state index contributed by atoms with van der Waals surface area (Å²) in [5.74, 6) is -0.274. The quantitative estimate of drug-likeness (QED) is 0.851. The van der Waals surface area contributed by atoms with Crippen LogP contribution in [0.1, 0.15) is 21.1 Å². The number of hydrogen-bond donors (Lipinski definition) is 1. The van der Waals surface area contributed by atoms with Crippen molar-refractivity contribution >= 4 is 34.5 Å². The summed E-state index contributed by atoms with van der Waals surface area (Å²) in [5.41, 5.74) is 1.83. The van der Waals surface area contributed by atoms with E-state index in [1.54, 1.807) is 17.6 Å². The molecule has 88 valence electrons. The second-order valence-electron chi connectivity index (χ2n) is 3.56. The van der Waals surface area contributed by atoms with Gasteiger partial charge in [-0.05, 0) is 25.5 Å². The molecule has 0 saturated heterocycles. The Morgan fingerprint density at radius 2 is 2.24 bits per heavy atom. The molecule has 6 heteroatoms. The van der Waals surface area contributed by atoms with Crippen LogP contribution in [0.5, 0.6) is 0 Å². The maximum Gasteiger partial charge on any atom is 0.275 e. The average Bonchev–Trinajstić information content (AvgIpc) is 2.70. The van der Waals surface area contributed by atoms with Crippen LogP contribution in [0.25, 0.3) is 0 Å². The second kappa shape index (κ2) is 4.81. The van der Waals surface area contributed by atoms with E-state index in [1.165, 1.54) is 11.3 Å². The van der Waals surface area contributed by atoms with Crippen molar-refractivity contribution in [1.29, 1.82) is 0 Å². The van der Waals surface area contributed by atoms with Gasteiger partial charge in [-0.2, -0.15) is 0 Å². The molecule has 0 fully saturated rings. The number of amides is 1. The van der Waals surface area contributed by atoms with Gasteiger partial charge in [0.15, 0.2) is 5.15 Å². The van der Waals surface area contributed by atoms with Crippen molar-refractivity contribution in [3.05, 3.63) is 39.1 Å². The molecule has 0 saturated carbocycles. The molecule has 4 nitrogen and oxygen atoms in total. The van der Waals surface area contributed by atoms with Crippen molar-refractivity contribution < 1.29 is 4.79 Å². The summed E-state index contributed by atoms with van der Waals surface area (Å²) in [6.07, 6.45) is 1.64. The summed E-state index contributed by atoms with van der Waals surface area (Å²) in [7, 11) is 0. The van der Waals surface area contributed by atoms with E-state index in [4.69, 9.17) is 11.6 Å². The van der Waals surface area contributed by atoms with Gasteiger partial charge in [0.25, 0.3) is 5.91 Å². The summed E-state index contributed by atoms with van der Waals surface area (Å²) in [4.78, 5) is 19.9. The Morgan fingerprint density at radius 1 is 1.47 bits per heavy atom. The monoisotopic (exact) mass is 267 g/mol. The van der Waals surface area contributed by atoms with Crippen LogP contribution in [0.4, 0.5) is 5.69 Å². The molecular formula is C11H10ClN3OS. The van der Waals surface area contributed by atoms with Crippen LogP contribution < -0.4 is 5.32 Å². The van der Waals surface area contributed by atoms with E-state index in [9.17, 15) is 4.79 Å². The van der Waals surface area contributed by atoms with E-state index in [1.807, 2.05) is 13.8 Å². The van der Waals surface area contributed by atoms with Gasteiger partial charge in [0.1, 0.15) is 5.69 Å². The number of carbonyl (C=O) groups is 1. The number of aryl methyl sites for hydroxylation is 2. The molecule has 2 heterocycles. The number of nitrogens with zero attached hydrogens (tertiary/aromatic N) is 2. The highest BCUT2D eigenvalue weighted by Crippen LogP contribution is 2.20. The smallest absolute Gasteiger partial charge is 0.275 e. The van der Waals surface area contributed by atoms with Gasteiger partial charge in [-0.3, -0.25) is 4.79 Å². The third-order valence-corrected chi connectivity index (χ3v) is 3.15. The number of anilines is 1. The Bertz CT molecular complexity index is 568. The fourth-order valence-corrected chi connectivity index (χ4v) is 2.04. The van der Waals surface area contributed by atoms with Gasteiger partial charge < -0.3 is 5.32 Å². The minimum Gasteiger partial charge on any atom is -0.318 e. The molecular weight excluding hydrogens is 258 g/mol. The Labute approximate surface area is 108 Å². The molecule has 17 heavy (non-hydrogen) atoms. The van der Waals surface area contributed by atoms with Crippen LogP contribution in [0, 0.1) is 13.8 Å². The molecule has 0 aromatic carbocycles. The maximum atomic E-state index is 11.8. The molecule has 2 aromatic rings. The first kappa shape index (κ1) is 12.0. The predicted molar refractivity (Wildman–Crippen MR) is 68.8 cm³/mol. The van der Waals surface area contributed by atoms with Crippen molar-refractivity contribution in [3.8, 4) is 0 Å². The predicted octanol–water partition coefficient (Wildman–Crippen LogP) is 3.06. The topological polar surface area (TPSA) is 54.9 Å². The lowest BCUT2D eigenvalue weighted by Gasteiger charge is -2.05. The first-order valence-corrected chi connectivity index (χ1v) is 6.17. The Kier molecular flexibility index (Phi) is 3.40. The van der Waals surface area contributed by atoms with Gasteiger partial charge in [-0.25, -0.2) is 9.97 Å². The van der Waals surface area contributed by atoms with E-state index < -0.39 is 0 Å². The van der Waals surface area contributed by atoms with Crippen molar-refractivity contribution in [2.75, 3.05) is 5.32 Å². The zero-order valence-corrected chi connectivity index (χ0v) is 10.9. The number of pyridine rings is 1. The number of nitrogens with one attached hydrogen (secondary N) is 1. The van der Waals surface area contributed by atoms with Gasteiger partial charge in [-0.1, -0.05) is 11.6 Å². The molecule has 2 rings (SSSR count). The summed E-state index contributed by atoms with van der Waals surface area (Å²) >= 11 is 7.32. The third-order valence-electron chi connectivity index (χ3n) is 2.08. The molecule has 1 N–H and O–H groups in total. The number of halogens is 1. The van der Waals surface area contributed by atoms with E-state index in [0.29, 0.717) is 11.4 Å². The molecule has 0 aliphatic heterocycles. The molecule has 1 amide bonds. The Morgan fingerprint density at radius 3 is 2.88 bits per heavy atom. The van der Waals surface area contributed by atoms with Gasteiger partial charge in [0.05, 0.1) is 10.7 Å². The highest BCUT2D eigenvalue weighted by Gasteiger charge is 2.11. The van der Waals surface area contributed by atoms with Crippen LogP contribution in [0.2, 0.25) is 5.15 Å². The zero-order chi connectivity index (χ0) is 12.4. The van der Waals surface area contributed by atoms with Crippen LogP contribution in [0.15, 0.2) is 17.6 Å². The molecule has 0 aliphatic rings. The van der Waals surface area contributed by atoms with E-state index >= 15 is 0 Å². The lowest BCUT2D eigenvalue weighted by Crippen LogP contribution is -2.13. The summed E-state index contributed by atoms with van der Waals surface area (Å²) < 4.78 is 0. The molecule has 0 aliphatic carbocycles. The van der Waals surface area contributed by atoms with Crippen LogP contribution >= 0.6 is 22.9 Å². The Balaban J connectivity index is 2.21. The van der Waals surface area contributed by atoms with Crippen molar-refractivity contribution in [1.82, 2.24) is 9.97 Å². The minimum absolute atomic E-state index is 0.274. The van der Waals surface area contributed by atoms with E-state index in [-0.39, 0.29) is 11.1 Å². The lowest BCUT2D eigenvalue weighted by molar-refractivity contribution is 0.102. The number of carbonyl (C=O) groups excluding carboxylic acids is 1. The first-order chi connectivity index (χ1) is 8.06. The Hall–Kier alpha value is -1.46. The van der Waals surface area contributed by atoms with Gasteiger partial charge in [-0.15, -0.1) is 11.3 Å². The highest BCUT2D eigenvalue weighted by molar-refractivity contribution is 7.09. The third kappa shape index (κ3) is 2.81. The molecule has 0 radical (unpaired) electrons. The number of thiazole rings is 1. The van der Waals surface area contributed by atoms with E-state index in [0.717, 1.165) is 10.6 Å². The van der Waals surface area contributed by atoms with Crippen LogP contribution in [0.3, 0.4) is 0 Å². The normalized spacial score (nSPS) is 10.3. The van der Waals surface area contributed by atoms with Crippen molar-refractivity contribution in [3.63, 3.8) is 0 Å². The molecule has 0 atom stereocenters. The largest absolute Gasteiger partial charge is 0.318 e. The number of rotatable bonds is 2. The number of hydrogen-bond acceptors (Lipinski definition) is 4. The summed E-state index contributed by atoms with van der Waals surface area (Å²) in [6, 6.07) is 1.77. The summed E-state index contributed by atoms with van der Waals surface area (Å²) in [5, 5.41) is 5.53. The van der Waals surface area contributed by atoms with Gasteiger partial charge in [0, 0.05) is 11.6 Å². The summed E-state index contributed by atoms with van der Waals surface area (Å²) in [6.45, 7) is 3.73. The molecule has 2 aromatic heterocycles.